The van der Waals surface area contributed by atoms with Crippen LogP contribution in [0.2, 0.25) is 0 Å². The van der Waals surface area contributed by atoms with Crippen LogP contribution in [-0.4, -0.2) is 0 Å². The van der Waals surface area contributed by atoms with Crippen molar-refractivity contribution in [2.45, 2.75) is 103 Å². The van der Waals surface area contributed by atoms with Gasteiger partial charge in [0.1, 0.15) is 0 Å². The molecule has 0 heterocycles. The summed E-state index contributed by atoms with van der Waals surface area (Å²) in [4.78, 5) is 0. The Hall–Kier alpha value is -2.08. The van der Waals surface area contributed by atoms with Crippen molar-refractivity contribution in [2.75, 3.05) is 0 Å². The number of hydrogen-bond donors (Lipinski definition) is 0. The molecule has 0 N–H and O–H groups in total. The van der Waals surface area contributed by atoms with Crippen molar-refractivity contribution in [3.05, 3.63) is 82.0 Å². The molecule has 168 valence electrons. The third-order valence-electron chi connectivity index (χ3n) is 8.32. The molecule has 3 aliphatic rings. The summed E-state index contributed by atoms with van der Waals surface area (Å²) in [5.41, 5.74) is 13.1. The summed E-state index contributed by atoms with van der Waals surface area (Å²) in [5, 5.41) is 0. The molecule has 5 rings (SSSR count). The van der Waals surface area contributed by atoms with Crippen LogP contribution < -0.4 is 0 Å². The molecule has 2 aromatic rings. The zero-order chi connectivity index (χ0) is 22.7. The highest BCUT2D eigenvalue weighted by Crippen LogP contribution is 2.54. The van der Waals surface area contributed by atoms with E-state index < -0.39 is 0 Å². The fraction of sp³-hybridized carbons (Fsp3) is 0.500. The minimum atomic E-state index is 0.146. The summed E-state index contributed by atoms with van der Waals surface area (Å²) in [6.07, 6.45) is 16.1. The van der Waals surface area contributed by atoms with E-state index in [4.69, 9.17) is 0 Å². The van der Waals surface area contributed by atoms with E-state index in [2.05, 4.69) is 90.1 Å². The van der Waals surface area contributed by atoms with Crippen molar-refractivity contribution in [1.82, 2.24) is 0 Å². The molecule has 2 aromatic carbocycles. The van der Waals surface area contributed by atoms with Gasteiger partial charge in [0.15, 0.2) is 0 Å². The lowest BCUT2D eigenvalue weighted by Gasteiger charge is -2.44. The minimum Gasteiger partial charge on any atom is -0.0804 e. The molecule has 0 nitrogen and oxygen atoms in total. The van der Waals surface area contributed by atoms with Crippen molar-refractivity contribution in [3.63, 3.8) is 0 Å². The monoisotopic (exact) mass is 424 g/mol. The molecule has 1 fully saturated rings. The Morgan fingerprint density at radius 1 is 0.781 bits per heavy atom. The molecule has 32 heavy (non-hydrogen) atoms. The van der Waals surface area contributed by atoms with E-state index in [0.29, 0.717) is 0 Å². The van der Waals surface area contributed by atoms with E-state index in [0.717, 1.165) is 12.8 Å². The van der Waals surface area contributed by atoms with Crippen LogP contribution in [0.5, 0.6) is 0 Å². The summed E-state index contributed by atoms with van der Waals surface area (Å²) in [7, 11) is 0. The van der Waals surface area contributed by atoms with E-state index in [1.54, 1.807) is 22.3 Å². The van der Waals surface area contributed by atoms with E-state index in [1.807, 2.05) is 0 Å². The largest absolute Gasteiger partial charge is 0.0804 e. The molecule has 0 atom stereocenters. The van der Waals surface area contributed by atoms with Gasteiger partial charge in [0.05, 0.1) is 0 Å². The quantitative estimate of drug-likeness (QED) is 0.385. The van der Waals surface area contributed by atoms with Crippen LogP contribution in [0.3, 0.4) is 0 Å². The second kappa shape index (κ2) is 7.47. The van der Waals surface area contributed by atoms with Crippen LogP contribution in [-0.2, 0) is 22.7 Å². The van der Waals surface area contributed by atoms with Crippen molar-refractivity contribution in [3.8, 4) is 11.1 Å². The second-order valence-corrected chi connectivity index (χ2v) is 12.5. The van der Waals surface area contributed by atoms with Crippen molar-refractivity contribution >= 4 is 0 Å². The zero-order valence-electron chi connectivity index (χ0n) is 21.1. The van der Waals surface area contributed by atoms with E-state index in [1.165, 1.54) is 54.4 Å². The first-order valence-electron chi connectivity index (χ1n) is 12.8. The third kappa shape index (κ3) is 3.42. The molecule has 1 saturated carbocycles. The first-order valence-corrected chi connectivity index (χ1v) is 12.8. The number of fused-ring (bicyclic) bond motifs is 3. The van der Waals surface area contributed by atoms with Crippen LogP contribution in [0.15, 0.2) is 54.1 Å². The average molecular weight is 425 g/mol. The van der Waals surface area contributed by atoms with Gasteiger partial charge in [0, 0.05) is 5.41 Å². The zero-order valence-corrected chi connectivity index (χ0v) is 21.1. The summed E-state index contributed by atoms with van der Waals surface area (Å²) >= 11 is 0. The van der Waals surface area contributed by atoms with Gasteiger partial charge in [0.25, 0.3) is 0 Å². The van der Waals surface area contributed by atoms with Gasteiger partial charge in [-0.25, -0.2) is 0 Å². The smallest absolute Gasteiger partial charge is 0.0174 e. The van der Waals surface area contributed by atoms with Gasteiger partial charge in [-0.15, -0.1) is 0 Å². The maximum Gasteiger partial charge on any atom is 0.0174 e. The lowest BCUT2D eigenvalue weighted by atomic mass is 9.60. The maximum absolute atomic E-state index is 2.50. The molecule has 3 aliphatic carbocycles. The number of allylic oxidation sites excluding steroid dienone is 4. The van der Waals surface area contributed by atoms with Gasteiger partial charge in [-0.05, 0) is 75.5 Å². The Bertz CT molecular complexity index is 1100. The van der Waals surface area contributed by atoms with Gasteiger partial charge in [-0.2, -0.15) is 0 Å². The van der Waals surface area contributed by atoms with Crippen molar-refractivity contribution < 1.29 is 0 Å². The lowest BCUT2D eigenvalue weighted by Crippen LogP contribution is -2.35. The molecule has 0 aromatic heterocycles. The van der Waals surface area contributed by atoms with E-state index >= 15 is 0 Å². The Kier molecular flexibility index (Phi) is 5.08. The average Bonchev–Trinajstić information content (AvgIpc) is 3.40. The van der Waals surface area contributed by atoms with E-state index in [9.17, 15) is 0 Å². The van der Waals surface area contributed by atoms with Crippen LogP contribution >= 0.6 is 0 Å². The Morgan fingerprint density at radius 2 is 1.50 bits per heavy atom. The minimum absolute atomic E-state index is 0.146. The molecule has 0 heteroatoms. The number of rotatable bonds is 2. The molecule has 0 amide bonds. The SMILES string of the molecule is CC(C)(C)c1ccc2c(c1)Cc1c-2ccc(C(C)(C)C)c1C1(C2=CC=CC2)CCCCC1. The van der Waals surface area contributed by atoms with Gasteiger partial charge in [0.2, 0.25) is 0 Å². The van der Waals surface area contributed by atoms with Gasteiger partial charge >= 0.3 is 0 Å². The van der Waals surface area contributed by atoms with Crippen molar-refractivity contribution in [1.29, 1.82) is 0 Å². The Labute approximate surface area is 195 Å². The van der Waals surface area contributed by atoms with Gasteiger partial charge in [-0.1, -0.05) is 115 Å². The van der Waals surface area contributed by atoms with E-state index in [-0.39, 0.29) is 16.2 Å². The first-order chi connectivity index (χ1) is 15.1. The molecule has 0 saturated heterocycles. The topological polar surface area (TPSA) is 0 Å². The molecular weight excluding hydrogens is 384 g/mol. The fourth-order valence-corrected chi connectivity index (χ4v) is 6.60. The summed E-state index contributed by atoms with van der Waals surface area (Å²) in [6.45, 7) is 14.2. The van der Waals surface area contributed by atoms with Crippen LogP contribution in [0.25, 0.3) is 11.1 Å². The molecule has 0 unspecified atom stereocenters. The normalized spacial score (nSPS) is 19.6. The molecule has 0 radical (unpaired) electrons. The number of benzene rings is 2. The van der Waals surface area contributed by atoms with Crippen molar-refractivity contribution in [2.24, 2.45) is 0 Å². The fourth-order valence-electron chi connectivity index (χ4n) is 6.60. The highest BCUT2D eigenvalue weighted by molar-refractivity contribution is 5.80. The predicted octanol–water partition coefficient (Wildman–Crippen LogP) is 8.94. The summed E-state index contributed by atoms with van der Waals surface area (Å²) < 4.78 is 0. The molecule has 0 bridgehead atoms. The maximum atomic E-state index is 2.50. The van der Waals surface area contributed by atoms with Crippen LogP contribution in [0, 0.1) is 0 Å². The van der Waals surface area contributed by atoms with Crippen LogP contribution in [0.4, 0.5) is 0 Å². The lowest BCUT2D eigenvalue weighted by molar-refractivity contribution is 0.329. The second-order valence-electron chi connectivity index (χ2n) is 12.5. The van der Waals surface area contributed by atoms with Crippen LogP contribution in [0.1, 0.15) is 108 Å². The molecule has 0 aliphatic heterocycles. The third-order valence-corrected chi connectivity index (χ3v) is 8.32. The summed E-state index contributed by atoms with van der Waals surface area (Å²) in [5.74, 6) is 0. The molecule has 0 spiro atoms. The standard InChI is InChI=1S/C32H40/c1-30(2,3)24-14-15-25-22(20-24)21-27-26(25)16-17-28(31(4,5)6)29(27)32(18-10-7-11-19-32)23-12-8-9-13-23/h8-9,12,14-17,20H,7,10-11,13,18-19,21H2,1-6H3. The van der Waals surface area contributed by atoms with Gasteiger partial charge < -0.3 is 0 Å². The van der Waals surface area contributed by atoms with Gasteiger partial charge in [-0.3, -0.25) is 0 Å². The Morgan fingerprint density at radius 3 is 2.12 bits per heavy atom. The highest BCUT2D eigenvalue weighted by Gasteiger charge is 2.43. The predicted molar refractivity (Wildman–Crippen MR) is 139 cm³/mol. The first kappa shape index (κ1) is 21.7. The number of hydrogen-bond acceptors (Lipinski definition) is 0. The Balaban J connectivity index is 1.75. The summed E-state index contributed by atoms with van der Waals surface area (Å²) in [6, 6.07) is 12.2. The highest BCUT2D eigenvalue weighted by atomic mass is 14.5. The molecular formula is C32H40.